The number of rotatable bonds is 9. The van der Waals surface area contributed by atoms with Crippen molar-refractivity contribution < 1.29 is 4.74 Å². The minimum absolute atomic E-state index is 0.0719. The second kappa shape index (κ2) is 11.6. The first-order chi connectivity index (χ1) is 13.4. The number of hydrogen-bond acceptors (Lipinski definition) is 2. The van der Waals surface area contributed by atoms with E-state index in [0.717, 1.165) is 38.0 Å². The third kappa shape index (κ3) is 9.11. The maximum Gasteiger partial charge on any atom is 0.119 e. The first-order valence-corrected chi connectivity index (χ1v) is 11.0. The highest BCUT2D eigenvalue weighted by molar-refractivity contribution is 7.08. The predicted octanol–water partition coefficient (Wildman–Crippen LogP) is 7.91. The molecule has 2 aromatic rings. The Hall–Kier alpha value is -2.24. The first kappa shape index (κ1) is 22.1. The number of unbranched alkanes of at least 4 members (excludes halogenated alkanes) is 2. The van der Waals surface area contributed by atoms with Gasteiger partial charge in [0.05, 0.1) is 6.61 Å². The van der Waals surface area contributed by atoms with Gasteiger partial charge >= 0.3 is 0 Å². The van der Waals surface area contributed by atoms with Crippen LogP contribution >= 0.6 is 11.3 Å². The van der Waals surface area contributed by atoms with Crippen LogP contribution < -0.4 is 4.74 Å². The van der Waals surface area contributed by atoms with E-state index in [9.17, 15) is 0 Å². The third-order valence-corrected chi connectivity index (χ3v) is 4.82. The van der Waals surface area contributed by atoms with Gasteiger partial charge < -0.3 is 4.74 Å². The Morgan fingerprint density at radius 2 is 2.00 bits per heavy atom. The van der Waals surface area contributed by atoms with E-state index in [1.54, 1.807) is 11.3 Å². The smallest absolute Gasteiger partial charge is 0.119 e. The second-order valence-corrected chi connectivity index (χ2v) is 8.84. The zero-order chi connectivity index (χ0) is 20.2. The molecule has 0 N–H and O–H groups in total. The summed E-state index contributed by atoms with van der Waals surface area (Å²) in [6.07, 6.45) is 10.7. The van der Waals surface area contributed by atoms with Crippen LogP contribution in [0, 0.1) is 17.3 Å². The van der Waals surface area contributed by atoms with Crippen molar-refractivity contribution in [2.45, 2.75) is 53.4 Å². The summed E-state index contributed by atoms with van der Waals surface area (Å²) in [6, 6.07) is 10.5. The maximum atomic E-state index is 5.93. The Morgan fingerprint density at radius 3 is 2.75 bits per heavy atom. The molecule has 0 aliphatic rings. The van der Waals surface area contributed by atoms with Crippen molar-refractivity contribution in [1.82, 2.24) is 0 Å². The van der Waals surface area contributed by atoms with Gasteiger partial charge in [-0.25, -0.2) is 0 Å². The van der Waals surface area contributed by atoms with Gasteiger partial charge in [-0.1, -0.05) is 41.7 Å². The van der Waals surface area contributed by atoms with Crippen molar-refractivity contribution in [2.24, 2.45) is 5.41 Å². The van der Waals surface area contributed by atoms with Crippen molar-refractivity contribution in [3.8, 4) is 28.7 Å². The normalized spacial score (nSPS) is 12.1. The fourth-order valence-electron chi connectivity index (χ4n) is 2.62. The van der Waals surface area contributed by atoms with Crippen LogP contribution in [0.25, 0.3) is 11.1 Å². The van der Waals surface area contributed by atoms with E-state index in [2.05, 4.69) is 86.7 Å². The molecule has 1 aromatic heterocycles. The Kier molecular flexibility index (Phi) is 9.11. The van der Waals surface area contributed by atoms with Crippen molar-refractivity contribution in [1.29, 1.82) is 0 Å². The van der Waals surface area contributed by atoms with E-state index in [1.165, 1.54) is 16.7 Å². The van der Waals surface area contributed by atoms with Crippen LogP contribution in [-0.4, -0.2) is 6.61 Å². The highest BCUT2D eigenvalue weighted by atomic mass is 32.1. The van der Waals surface area contributed by atoms with Crippen molar-refractivity contribution in [2.75, 3.05) is 6.61 Å². The van der Waals surface area contributed by atoms with Gasteiger partial charge in [-0.15, -0.1) is 0 Å². The molecule has 0 bridgehead atoms. The van der Waals surface area contributed by atoms with Crippen LogP contribution in [0.1, 0.15) is 53.4 Å². The number of allylic oxidation sites excluding steroid dienone is 4. The third-order valence-electron chi connectivity index (χ3n) is 4.14. The Labute approximate surface area is 175 Å². The van der Waals surface area contributed by atoms with Gasteiger partial charge in [0.1, 0.15) is 5.75 Å². The van der Waals surface area contributed by atoms with Crippen molar-refractivity contribution in [3.05, 3.63) is 64.9 Å². The summed E-state index contributed by atoms with van der Waals surface area (Å²) in [5, 5.41) is 4.27. The minimum Gasteiger partial charge on any atom is -0.494 e. The average molecular weight is 393 g/mol. The second-order valence-electron chi connectivity index (χ2n) is 8.06. The molecule has 0 unspecified atom stereocenters. The fraction of sp³-hybridized carbons (Fsp3) is 0.385. The largest absolute Gasteiger partial charge is 0.494 e. The number of thiophene rings is 1. The summed E-state index contributed by atoms with van der Waals surface area (Å²) in [5.41, 5.74) is 3.95. The zero-order valence-electron chi connectivity index (χ0n) is 17.6. The minimum atomic E-state index is 0.0719. The molecule has 2 rings (SSSR count). The van der Waals surface area contributed by atoms with Gasteiger partial charge in [-0.3, -0.25) is 0 Å². The molecule has 0 spiro atoms. The van der Waals surface area contributed by atoms with Crippen LogP contribution in [0.4, 0.5) is 0 Å². The molecule has 0 aliphatic carbocycles. The van der Waals surface area contributed by atoms with Gasteiger partial charge in [0.15, 0.2) is 0 Å². The molecule has 0 fully saturated rings. The summed E-state index contributed by atoms with van der Waals surface area (Å²) in [5.74, 6) is 7.29. The highest BCUT2D eigenvalue weighted by Crippen LogP contribution is 2.25. The fourth-order valence-corrected chi connectivity index (χ4v) is 3.29. The maximum absolute atomic E-state index is 5.93. The lowest BCUT2D eigenvalue weighted by molar-refractivity contribution is 0.307. The van der Waals surface area contributed by atoms with Gasteiger partial charge in [0.2, 0.25) is 0 Å². The van der Waals surface area contributed by atoms with Crippen LogP contribution in [-0.2, 0) is 0 Å². The summed E-state index contributed by atoms with van der Waals surface area (Å²) in [7, 11) is 0. The monoisotopic (exact) mass is 392 g/mol. The molecule has 28 heavy (non-hydrogen) atoms. The molecule has 0 atom stereocenters. The molecule has 148 valence electrons. The van der Waals surface area contributed by atoms with Crippen LogP contribution in [0.2, 0.25) is 0 Å². The molecule has 2 heteroatoms. The lowest BCUT2D eigenvalue weighted by atomic mass is 9.98. The predicted molar refractivity (Wildman–Crippen MR) is 124 cm³/mol. The standard InChI is InChI=1S/C26H32OS/c1-22(12-7-5-9-17-26(2,3)4)13-8-6-10-18-27-25-15-11-14-23(20-25)24-16-19-28-21-24/h5,7,11,13-16,19-21H,6,8,10,12,18H2,1-4H3. The topological polar surface area (TPSA) is 9.23 Å². The molecule has 1 aromatic carbocycles. The first-order valence-electron chi connectivity index (χ1n) is 10.0. The van der Waals surface area contributed by atoms with E-state index in [-0.39, 0.29) is 5.41 Å². The molecule has 1 heterocycles. The van der Waals surface area contributed by atoms with E-state index < -0.39 is 0 Å². The molecule has 0 amide bonds. The number of hydrogen-bond donors (Lipinski definition) is 0. The van der Waals surface area contributed by atoms with Crippen LogP contribution in [0.3, 0.4) is 0 Å². The average Bonchev–Trinajstić information content (AvgIpc) is 3.18. The molecule has 0 aliphatic heterocycles. The molecule has 0 saturated carbocycles. The van der Waals surface area contributed by atoms with Gasteiger partial charge in [-0.05, 0) is 99.5 Å². The Bertz CT molecular complexity index is 823. The summed E-state index contributed by atoms with van der Waals surface area (Å²) >= 11 is 1.72. The van der Waals surface area contributed by atoms with Crippen LogP contribution in [0.5, 0.6) is 5.75 Å². The summed E-state index contributed by atoms with van der Waals surface area (Å²) in [6.45, 7) is 9.34. The van der Waals surface area contributed by atoms with Crippen molar-refractivity contribution in [3.63, 3.8) is 0 Å². The number of benzene rings is 1. The zero-order valence-corrected chi connectivity index (χ0v) is 18.4. The Balaban J connectivity index is 1.63. The van der Waals surface area contributed by atoms with E-state index in [4.69, 9.17) is 4.74 Å². The van der Waals surface area contributed by atoms with Gasteiger partial charge in [0, 0.05) is 5.41 Å². The molecule has 0 radical (unpaired) electrons. The quantitative estimate of drug-likeness (QED) is 0.239. The van der Waals surface area contributed by atoms with E-state index >= 15 is 0 Å². The summed E-state index contributed by atoms with van der Waals surface area (Å²) in [4.78, 5) is 0. The lowest BCUT2D eigenvalue weighted by Crippen LogP contribution is -1.98. The lowest BCUT2D eigenvalue weighted by Gasteiger charge is -2.07. The van der Waals surface area contributed by atoms with E-state index in [0.29, 0.717) is 0 Å². The molecule has 1 nitrogen and oxygen atoms in total. The SMILES string of the molecule is CC(=CCCCCOc1cccc(-c2ccsc2)c1)CC=CC#CC(C)(C)C. The highest BCUT2D eigenvalue weighted by Gasteiger charge is 2.02. The van der Waals surface area contributed by atoms with Crippen LogP contribution in [0.15, 0.2) is 64.9 Å². The molecular weight excluding hydrogens is 360 g/mol. The van der Waals surface area contributed by atoms with Gasteiger partial charge in [-0.2, -0.15) is 11.3 Å². The Morgan fingerprint density at radius 1 is 1.14 bits per heavy atom. The van der Waals surface area contributed by atoms with Gasteiger partial charge in [0.25, 0.3) is 0 Å². The molecule has 0 saturated heterocycles. The van der Waals surface area contributed by atoms with Crippen molar-refractivity contribution >= 4 is 11.3 Å². The van der Waals surface area contributed by atoms with E-state index in [1.807, 2.05) is 12.1 Å². The summed E-state index contributed by atoms with van der Waals surface area (Å²) < 4.78 is 5.93. The molecular formula is C26H32OS. The number of ether oxygens (including phenoxy) is 1.